The van der Waals surface area contributed by atoms with Gasteiger partial charge in [0.05, 0.1) is 17.2 Å². The third-order valence-electron chi connectivity index (χ3n) is 2.01. The standard InChI is InChI=1S/C7H5N5S/c1-12-5-3-2-4-6(10-13-9-4)7(5)8-11-12/h2-3H,1H3. The molecule has 0 aliphatic carbocycles. The number of benzene rings is 1. The third kappa shape index (κ3) is 0.803. The molecule has 0 bridgehead atoms. The molecule has 0 aliphatic heterocycles. The lowest BCUT2D eigenvalue weighted by Crippen LogP contribution is -1.88. The topological polar surface area (TPSA) is 56.5 Å². The maximum Gasteiger partial charge on any atom is 0.142 e. The van der Waals surface area contributed by atoms with Crippen molar-refractivity contribution in [3.8, 4) is 0 Å². The Labute approximate surface area is 77.3 Å². The Bertz CT molecular complexity index is 581. The highest BCUT2D eigenvalue weighted by atomic mass is 32.1. The average molecular weight is 191 g/mol. The first-order valence-electron chi connectivity index (χ1n) is 3.77. The molecule has 5 nitrogen and oxygen atoms in total. The first kappa shape index (κ1) is 6.90. The number of aryl methyl sites for hydroxylation is 1. The largest absolute Gasteiger partial charge is 0.248 e. The summed E-state index contributed by atoms with van der Waals surface area (Å²) in [6.07, 6.45) is 0. The summed E-state index contributed by atoms with van der Waals surface area (Å²) in [4.78, 5) is 0. The summed E-state index contributed by atoms with van der Waals surface area (Å²) in [6, 6.07) is 3.89. The zero-order valence-electron chi connectivity index (χ0n) is 6.80. The molecule has 1 aromatic carbocycles. The average Bonchev–Trinajstić information content (AvgIpc) is 2.70. The highest BCUT2D eigenvalue weighted by molar-refractivity contribution is 7.00. The molecule has 6 heteroatoms. The molecular formula is C7H5N5S. The summed E-state index contributed by atoms with van der Waals surface area (Å²) in [6.45, 7) is 0. The number of rotatable bonds is 0. The van der Waals surface area contributed by atoms with Crippen molar-refractivity contribution in [3.63, 3.8) is 0 Å². The lowest BCUT2D eigenvalue weighted by Gasteiger charge is -1.89. The minimum absolute atomic E-state index is 0.828. The Hall–Kier alpha value is -1.56. The fourth-order valence-corrected chi connectivity index (χ4v) is 1.88. The van der Waals surface area contributed by atoms with Crippen LogP contribution in [0.1, 0.15) is 0 Å². The minimum atomic E-state index is 0.828. The van der Waals surface area contributed by atoms with Crippen molar-refractivity contribution < 1.29 is 0 Å². The van der Waals surface area contributed by atoms with E-state index in [0.29, 0.717) is 0 Å². The van der Waals surface area contributed by atoms with Crippen LogP contribution >= 0.6 is 11.7 Å². The molecule has 0 N–H and O–H groups in total. The summed E-state index contributed by atoms with van der Waals surface area (Å²) in [7, 11) is 1.86. The van der Waals surface area contributed by atoms with Gasteiger partial charge >= 0.3 is 0 Å². The Balaban J connectivity index is 2.66. The van der Waals surface area contributed by atoms with E-state index in [1.807, 2.05) is 19.2 Å². The van der Waals surface area contributed by atoms with Crippen LogP contribution in [0.4, 0.5) is 0 Å². The molecule has 13 heavy (non-hydrogen) atoms. The van der Waals surface area contributed by atoms with Gasteiger partial charge in [0, 0.05) is 7.05 Å². The molecule has 0 saturated heterocycles. The van der Waals surface area contributed by atoms with E-state index >= 15 is 0 Å². The Morgan fingerprint density at radius 2 is 2.15 bits per heavy atom. The molecule has 0 saturated carbocycles. The van der Waals surface area contributed by atoms with Crippen LogP contribution < -0.4 is 0 Å². The number of hydrogen-bond donors (Lipinski definition) is 0. The summed E-state index contributed by atoms with van der Waals surface area (Å²) < 4.78 is 10.0. The number of nitrogens with zero attached hydrogens (tertiary/aromatic N) is 5. The fourth-order valence-electron chi connectivity index (χ4n) is 1.35. The molecule has 2 heterocycles. The predicted molar refractivity (Wildman–Crippen MR) is 49.5 cm³/mol. The van der Waals surface area contributed by atoms with Gasteiger partial charge in [-0.3, -0.25) is 0 Å². The maximum absolute atomic E-state index is 4.17. The van der Waals surface area contributed by atoms with Crippen LogP contribution in [0.15, 0.2) is 12.1 Å². The minimum Gasteiger partial charge on any atom is -0.248 e. The SMILES string of the molecule is Cn1nnc2c3nsnc3ccc21. The monoisotopic (exact) mass is 191 g/mol. The Morgan fingerprint density at radius 3 is 3.08 bits per heavy atom. The van der Waals surface area contributed by atoms with Crippen LogP contribution in [0, 0.1) is 0 Å². The van der Waals surface area contributed by atoms with Gasteiger partial charge in [-0.2, -0.15) is 8.75 Å². The summed E-state index contributed by atoms with van der Waals surface area (Å²) in [5.74, 6) is 0. The van der Waals surface area contributed by atoms with Gasteiger partial charge in [-0.15, -0.1) is 5.10 Å². The number of aromatic nitrogens is 5. The van der Waals surface area contributed by atoms with E-state index in [2.05, 4.69) is 19.1 Å². The quantitative estimate of drug-likeness (QED) is 0.531. The first-order valence-corrected chi connectivity index (χ1v) is 4.50. The first-order chi connectivity index (χ1) is 6.36. The molecule has 3 aromatic rings. The molecule has 64 valence electrons. The van der Waals surface area contributed by atoms with Crippen molar-refractivity contribution in [3.05, 3.63) is 12.1 Å². The van der Waals surface area contributed by atoms with Gasteiger partial charge < -0.3 is 0 Å². The van der Waals surface area contributed by atoms with Crippen molar-refractivity contribution in [2.24, 2.45) is 7.05 Å². The van der Waals surface area contributed by atoms with Crippen LogP contribution in [-0.2, 0) is 7.05 Å². The van der Waals surface area contributed by atoms with Crippen LogP contribution in [0.25, 0.3) is 22.1 Å². The molecule has 3 rings (SSSR count). The molecule has 0 amide bonds. The van der Waals surface area contributed by atoms with Crippen LogP contribution in [0.5, 0.6) is 0 Å². The molecule has 0 unspecified atom stereocenters. The zero-order valence-corrected chi connectivity index (χ0v) is 7.62. The van der Waals surface area contributed by atoms with E-state index in [4.69, 9.17) is 0 Å². The molecule has 2 aromatic heterocycles. The molecule has 0 spiro atoms. The number of fused-ring (bicyclic) bond motifs is 3. The van der Waals surface area contributed by atoms with Gasteiger partial charge in [0.2, 0.25) is 0 Å². The lowest BCUT2D eigenvalue weighted by molar-refractivity contribution is 0.736. The van der Waals surface area contributed by atoms with Crippen molar-refractivity contribution >= 4 is 33.8 Å². The molecule has 0 fully saturated rings. The van der Waals surface area contributed by atoms with Gasteiger partial charge in [-0.1, -0.05) is 5.21 Å². The highest BCUT2D eigenvalue weighted by Gasteiger charge is 2.08. The van der Waals surface area contributed by atoms with Gasteiger partial charge in [-0.25, -0.2) is 4.68 Å². The maximum atomic E-state index is 4.17. The lowest BCUT2D eigenvalue weighted by atomic mass is 10.2. The second kappa shape index (κ2) is 2.23. The van der Waals surface area contributed by atoms with Crippen molar-refractivity contribution in [1.82, 2.24) is 23.7 Å². The van der Waals surface area contributed by atoms with Crippen molar-refractivity contribution in [2.75, 3.05) is 0 Å². The van der Waals surface area contributed by atoms with Gasteiger partial charge in [0.25, 0.3) is 0 Å². The molecule has 0 radical (unpaired) electrons. The van der Waals surface area contributed by atoms with Gasteiger partial charge in [0.1, 0.15) is 16.6 Å². The van der Waals surface area contributed by atoms with Crippen molar-refractivity contribution in [2.45, 2.75) is 0 Å². The predicted octanol–water partition coefficient (Wildman–Crippen LogP) is 0.973. The second-order valence-corrected chi connectivity index (χ2v) is 3.31. The number of hydrogen-bond acceptors (Lipinski definition) is 5. The van der Waals surface area contributed by atoms with Crippen LogP contribution in [0.3, 0.4) is 0 Å². The van der Waals surface area contributed by atoms with E-state index in [9.17, 15) is 0 Å². The summed E-state index contributed by atoms with van der Waals surface area (Å²) in [5, 5.41) is 7.96. The van der Waals surface area contributed by atoms with Gasteiger partial charge in [0.15, 0.2) is 0 Å². The van der Waals surface area contributed by atoms with E-state index < -0.39 is 0 Å². The van der Waals surface area contributed by atoms with E-state index in [1.54, 1.807) is 4.68 Å². The molecular weight excluding hydrogens is 186 g/mol. The fraction of sp³-hybridized carbons (Fsp3) is 0.143. The second-order valence-electron chi connectivity index (χ2n) is 2.78. The van der Waals surface area contributed by atoms with Gasteiger partial charge in [-0.05, 0) is 12.1 Å². The van der Waals surface area contributed by atoms with Crippen LogP contribution in [-0.4, -0.2) is 23.7 Å². The van der Waals surface area contributed by atoms with Crippen molar-refractivity contribution in [1.29, 1.82) is 0 Å². The van der Waals surface area contributed by atoms with E-state index in [-0.39, 0.29) is 0 Å². The summed E-state index contributed by atoms with van der Waals surface area (Å²) >= 11 is 1.20. The molecule has 0 atom stereocenters. The third-order valence-corrected chi connectivity index (χ3v) is 2.55. The van der Waals surface area contributed by atoms with E-state index in [1.165, 1.54) is 11.7 Å². The normalized spacial score (nSPS) is 11.5. The van der Waals surface area contributed by atoms with Crippen LogP contribution in [0.2, 0.25) is 0 Å². The highest BCUT2D eigenvalue weighted by Crippen LogP contribution is 2.20. The smallest absolute Gasteiger partial charge is 0.142 e. The van der Waals surface area contributed by atoms with E-state index in [0.717, 1.165) is 22.1 Å². The Kier molecular flexibility index (Phi) is 1.18. The zero-order chi connectivity index (χ0) is 8.84. The summed E-state index contributed by atoms with van der Waals surface area (Å²) in [5.41, 5.74) is 3.54. The Morgan fingerprint density at radius 1 is 1.23 bits per heavy atom. The molecule has 0 aliphatic rings.